The van der Waals surface area contributed by atoms with Crippen molar-refractivity contribution in [3.05, 3.63) is 32.9 Å². The highest BCUT2D eigenvalue weighted by Crippen LogP contribution is 2.23. The van der Waals surface area contributed by atoms with Gasteiger partial charge in [0.05, 0.1) is 0 Å². The lowest BCUT2D eigenvalue weighted by Gasteiger charge is -2.31. The number of hydrogen-bond acceptors (Lipinski definition) is 2. The number of carbonyl (C=O) groups is 2. The highest BCUT2D eigenvalue weighted by Gasteiger charge is 2.25. The fourth-order valence-electron chi connectivity index (χ4n) is 2.60. The van der Waals surface area contributed by atoms with Crippen LogP contribution in [0.3, 0.4) is 0 Å². The second-order valence-corrected chi connectivity index (χ2v) is 6.41. The van der Waals surface area contributed by atoms with Crippen LogP contribution < -0.4 is 0 Å². The van der Waals surface area contributed by atoms with Gasteiger partial charge in [-0.15, -0.1) is 0 Å². The number of carbonyl (C=O) groups excluding carboxylic acids is 1. The molecule has 1 saturated heterocycles. The Morgan fingerprint density at radius 1 is 1.35 bits per heavy atom. The number of likely N-dealkylation sites (tertiary alicyclic amines) is 1. The van der Waals surface area contributed by atoms with E-state index in [1.54, 1.807) is 0 Å². The first-order chi connectivity index (χ1) is 9.49. The normalized spacial score (nSPS) is 16.2. The third kappa shape index (κ3) is 3.50. The molecule has 1 fully saturated rings. The van der Waals surface area contributed by atoms with Gasteiger partial charge in [0.1, 0.15) is 0 Å². The van der Waals surface area contributed by atoms with Crippen molar-refractivity contribution in [1.82, 2.24) is 4.90 Å². The minimum Gasteiger partial charge on any atom is -0.481 e. The van der Waals surface area contributed by atoms with Crippen LogP contribution in [-0.4, -0.2) is 35.0 Å². The Labute approximate surface area is 132 Å². The van der Waals surface area contributed by atoms with Gasteiger partial charge in [-0.1, -0.05) is 6.07 Å². The monoisotopic (exact) mass is 387 g/mol. The van der Waals surface area contributed by atoms with Gasteiger partial charge in [-0.05, 0) is 66.0 Å². The number of halogens is 1. The molecule has 2 rings (SSSR count). The molecule has 1 aliphatic heterocycles. The van der Waals surface area contributed by atoms with Gasteiger partial charge in [-0.2, -0.15) is 0 Å². The van der Waals surface area contributed by atoms with Crippen LogP contribution in [0.5, 0.6) is 0 Å². The van der Waals surface area contributed by atoms with E-state index in [9.17, 15) is 9.59 Å². The third-order valence-electron chi connectivity index (χ3n) is 3.86. The maximum atomic E-state index is 12.5. The van der Waals surface area contributed by atoms with E-state index in [1.807, 2.05) is 30.0 Å². The zero-order valence-corrected chi connectivity index (χ0v) is 13.6. The minimum atomic E-state index is -0.747. The van der Waals surface area contributed by atoms with E-state index >= 15 is 0 Å². The summed E-state index contributed by atoms with van der Waals surface area (Å²) >= 11 is 2.23. The Bertz CT molecular complexity index is 522. The summed E-state index contributed by atoms with van der Waals surface area (Å²) in [7, 11) is 0. The molecule has 1 heterocycles. The van der Waals surface area contributed by atoms with Crippen molar-refractivity contribution in [3.8, 4) is 0 Å². The van der Waals surface area contributed by atoms with Crippen LogP contribution >= 0.6 is 22.6 Å². The Morgan fingerprint density at radius 2 is 2.00 bits per heavy atom. The second kappa shape index (κ2) is 6.56. The predicted molar refractivity (Wildman–Crippen MR) is 84.8 cm³/mol. The van der Waals surface area contributed by atoms with Gasteiger partial charge in [-0.25, -0.2) is 0 Å². The molecule has 108 valence electrons. The van der Waals surface area contributed by atoms with Crippen molar-refractivity contribution in [1.29, 1.82) is 0 Å². The van der Waals surface area contributed by atoms with Crippen molar-refractivity contribution in [2.45, 2.75) is 26.2 Å². The van der Waals surface area contributed by atoms with Gasteiger partial charge in [0.25, 0.3) is 5.91 Å². The molecule has 1 N–H and O–H groups in total. The van der Waals surface area contributed by atoms with Crippen LogP contribution in [-0.2, 0) is 4.79 Å². The molecule has 20 heavy (non-hydrogen) atoms. The molecule has 5 heteroatoms. The molecule has 0 spiro atoms. The minimum absolute atomic E-state index is 0.0646. The van der Waals surface area contributed by atoms with Gasteiger partial charge in [0.2, 0.25) is 0 Å². The number of carboxylic acids is 1. The fraction of sp³-hybridized carbons (Fsp3) is 0.467. The molecule has 0 atom stereocenters. The maximum Gasteiger partial charge on any atom is 0.303 e. The summed E-state index contributed by atoms with van der Waals surface area (Å²) in [5.41, 5.74) is 1.78. The van der Waals surface area contributed by atoms with E-state index in [0.29, 0.717) is 13.1 Å². The standard InChI is InChI=1S/C15H18INO3/c1-10-12(3-2-4-13(10)16)15(20)17-7-5-11(6-8-17)9-14(18)19/h2-4,11H,5-9H2,1H3,(H,18,19). The van der Waals surface area contributed by atoms with Gasteiger partial charge < -0.3 is 10.0 Å². The zero-order valence-electron chi connectivity index (χ0n) is 11.4. The number of carboxylic acid groups (broad SMARTS) is 1. The molecule has 1 aromatic carbocycles. The van der Waals surface area contributed by atoms with Gasteiger partial charge in [-0.3, -0.25) is 9.59 Å². The molecular formula is C15H18INO3. The average molecular weight is 387 g/mol. The molecule has 1 aromatic rings. The molecule has 1 amide bonds. The third-order valence-corrected chi connectivity index (χ3v) is 5.03. The Balaban J connectivity index is 2.02. The zero-order chi connectivity index (χ0) is 14.7. The summed E-state index contributed by atoms with van der Waals surface area (Å²) in [6.45, 7) is 3.27. The number of amides is 1. The molecule has 1 aliphatic rings. The first-order valence-corrected chi connectivity index (χ1v) is 7.83. The number of benzene rings is 1. The summed E-state index contributed by atoms with van der Waals surface area (Å²) in [5, 5.41) is 8.80. The van der Waals surface area contributed by atoms with Crippen LogP contribution in [0.25, 0.3) is 0 Å². The fourth-order valence-corrected chi connectivity index (χ4v) is 3.09. The Morgan fingerprint density at radius 3 is 2.60 bits per heavy atom. The molecule has 4 nitrogen and oxygen atoms in total. The van der Waals surface area contributed by atoms with Crippen molar-refractivity contribution in [2.75, 3.05) is 13.1 Å². The largest absolute Gasteiger partial charge is 0.481 e. The van der Waals surface area contributed by atoms with Crippen LogP contribution in [0.4, 0.5) is 0 Å². The van der Waals surface area contributed by atoms with E-state index in [-0.39, 0.29) is 18.2 Å². The topological polar surface area (TPSA) is 57.6 Å². The van der Waals surface area contributed by atoms with Crippen LogP contribution in [0.15, 0.2) is 18.2 Å². The number of nitrogens with zero attached hydrogens (tertiary/aromatic N) is 1. The molecule has 0 unspecified atom stereocenters. The molecular weight excluding hydrogens is 369 g/mol. The smallest absolute Gasteiger partial charge is 0.303 e. The summed E-state index contributed by atoms with van der Waals surface area (Å²) in [4.78, 5) is 25.1. The van der Waals surface area contributed by atoms with Crippen LogP contribution in [0.2, 0.25) is 0 Å². The highest BCUT2D eigenvalue weighted by atomic mass is 127. The average Bonchev–Trinajstić information content (AvgIpc) is 2.41. The molecule has 0 aliphatic carbocycles. The molecule has 0 aromatic heterocycles. The van der Waals surface area contributed by atoms with E-state index in [2.05, 4.69) is 22.6 Å². The van der Waals surface area contributed by atoms with Gasteiger partial charge >= 0.3 is 5.97 Å². The second-order valence-electron chi connectivity index (χ2n) is 5.25. The van der Waals surface area contributed by atoms with E-state index in [0.717, 1.165) is 27.5 Å². The lowest BCUT2D eigenvalue weighted by Crippen LogP contribution is -2.39. The Hall–Kier alpha value is -1.11. The van der Waals surface area contributed by atoms with Crippen LogP contribution in [0, 0.1) is 16.4 Å². The number of piperidine rings is 1. The Kier molecular flexibility index (Phi) is 5.01. The quantitative estimate of drug-likeness (QED) is 0.812. The van der Waals surface area contributed by atoms with Crippen molar-refractivity contribution in [3.63, 3.8) is 0 Å². The molecule has 0 saturated carbocycles. The maximum absolute atomic E-state index is 12.5. The van der Waals surface area contributed by atoms with Crippen molar-refractivity contribution < 1.29 is 14.7 Å². The molecule has 0 bridgehead atoms. The van der Waals surface area contributed by atoms with Gasteiger partial charge in [0.15, 0.2) is 0 Å². The lowest BCUT2D eigenvalue weighted by molar-refractivity contribution is -0.138. The first kappa shape index (κ1) is 15.3. The SMILES string of the molecule is Cc1c(I)cccc1C(=O)N1CCC(CC(=O)O)CC1. The highest BCUT2D eigenvalue weighted by molar-refractivity contribution is 14.1. The van der Waals surface area contributed by atoms with E-state index in [4.69, 9.17) is 5.11 Å². The van der Waals surface area contributed by atoms with Crippen molar-refractivity contribution >= 4 is 34.5 Å². The van der Waals surface area contributed by atoms with E-state index < -0.39 is 5.97 Å². The number of aliphatic carboxylic acids is 1. The van der Waals surface area contributed by atoms with Crippen molar-refractivity contribution in [2.24, 2.45) is 5.92 Å². The van der Waals surface area contributed by atoms with Gasteiger partial charge in [0, 0.05) is 28.6 Å². The summed E-state index contributed by atoms with van der Waals surface area (Å²) in [6.07, 6.45) is 1.77. The van der Waals surface area contributed by atoms with Crippen LogP contribution in [0.1, 0.15) is 35.2 Å². The lowest BCUT2D eigenvalue weighted by atomic mass is 9.93. The summed E-state index contributed by atoms with van der Waals surface area (Å²) in [6, 6.07) is 5.76. The predicted octanol–water partition coefficient (Wildman–Crippen LogP) is 2.93. The number of hydrogen-bond donors (Lipinski definition) is 1. The summed E-state index contributed by atoms with van der Waals surface area (Å²) in [5.74, 6) is -0.480. The van der Waals surface area contributed by atoms with E-state index in [1.165, 1.54) is 0 Å². The first-order valence-electron chi connectivity index (χ1n) is 6.75. The summed E-state index contributed by atoms with van der Waals surface area (Å²) < 4.78 is 1.09. The molecule has 0 radical (unpaired) electrons. The number of rotatable bonds is 3.